The van der Waals surface area contributed by atoms with Crippen LogP contribution in [-0.4, -0.2) is 18.3 Å². The van der Waals surface area contributed by atoms with Gasteiger partial charge in [-0.25, -0.2) is 0 Å². The summed E-state index contributed by atoms with van der Waals surface area (Å²) in [6, 6.07) is 6.74. The zero-order chi connectivity index (χ0) is 11.1. The van der Waals surface area contributed by atoms with Gasteiger partial charge in [0.25, 0.3) is 5.91 Å². The Bertz CT molecular complexity index is 346. The molecule has 0 spiro atoms. The van der Waals surface area contributed by atoms with Gasteiger partial charge in [-0.15, -0.1) is 11.6 Å². The molecule has 0 saturated heterocycles. The quantitative estimate of drug-likeness (QED) is 0.640. The van der Waals surface area contributed by atoms with Crippen LogP contribution in [0.3, 0.4) is 0 Å². The second-order valence-electron chi connectivity index (χ2n) is 2.84. The van der Waals surface area contributed by atoms with Gasteiger partial charge in [0, 0.05) is 23.0 Å². The van der Waals surface area contributed by atoms with Crippen molar-refractivity contribution in [1.29, 1.82) is 0 Å². The second-order valence-corrected chi connectivity index (χ2v) is 3.59. The van der Waals surface area contributed by atoms with Crippen molar-refractivity contribution in [2.24, 2.45) is 0 Å². The molecule has 0 saturated carbocycles. The fourth-order valence-electron chi connectivity index (χ4n) is 1.00. The third-order valence-electron chi connectivity index (χ3n) is 1.74. The maximum atomic E-state index is 11.5. The zero-order valence-electron chi connectivity index (χ0n) is 8.04. The maximum Gasteiger partial charge on any atom is 0.251 e. The molecule has 0 radical (unpaired) electrons. The van der Waals surface area contributed by atoms with Crippen molar-refractivity contribution >= 4 is 29.1 Å². The predicted octanol–water partition coefficient (Wildman–Crippen LogP) is 2.86. The lowest BCUT2D eigenvalue weighted by atomic mass is 10.2. The van der Waals surface area contributed by atoms with Crippen LogP contribution in [0.4, 0.5) is 0 Å². The van der Waals surface area contributed by atoms with Gasteiger partial charge in [-0.1, -0.05) is 23.8 Å². The molecule has 0 aliphatic carbocycles. The van der Waals surface area contributed by atoms with Gasteiger partial charge in [-0.3, -0.25) is 4.79 Å². The number of halogens is 2. The van der Waals surface area contributed by atoms with E-state index in [0.717, 1.165) is 0 Å². The van der Waals surface area contributed by atoms with Gasteiger partial charge in [-0.2, -0.15) is 0 Å². The molecule has 0 fully saturated rings. The smallest absolute Gasteiger partial charge is 0.251 e. The highest BCUT2D eigenvalue weighted by Gasteiger charge is 2.02. The highest BCUT2D eigenvalue weighted by Crippen LogP contribution is 2.09. The van der Waals surface area contributed by atoms with Crippen LogP contribution >= 0.6 is 23.2 Å². The number of hydrogen-bond donors (Lipinski definition) is 1. The van der Waals surface area contributed by atoms with Crippen LogP contribution in [0.2, 0.25) is 5.02 Å². The summed E-state index contributed by atoms with van der Waals surface area (Å²) >= 11 is 11.1. The van der Waals surface area contributed by atoms with E-state index in [1.807, 2.05) is 0 Å². The first-order chi connectivity index (χ1) is 7.24. The molecular formula is C11H11Cl2NO. The summed E-state index contributed by atoms with van der Waals surface area (Å²) in [4.78, 5) is 11.5. The summed E-state index contributed by atoms with van der Waals surface area (Å²) in [6.07, 6.45) is 3.59. The van der Waals surface area contributed by atoms with Gasteiger partial charge in [0.1, 0.15) is 0 Å². The Hall–Kier alpha value is -0.990. The molecule has 1 rings (SSSR count). The number of allylic oxidation sites excluding steroid dienone is 1. The summed E-state index contributed by atoms with van der Waals surface area (Å²) in [5.74, 6) is 0.336. The molecule has 0 atom stereocenters. The third kappa shape index (κ3) is 4.36. The number of nitrogens with one attached hydrogen (secondary N) is 1. The van der Waals surface area contributed by atoms with E-state index in [4.69, 9.17) is 23.2 Å². The lowest BCUT2D eigenvalue weighted by Gasteiger charge is -2.01. The molecule has 1 amide bonds. The number of carbonyl (C=O) groups excluding carboxylic acids is 1. The molecule has 1 aromatic rings. The standard InChI is InChI=1S/C11H11Cl2NO/c12-7-1-2-8-14-11(15)9-3-5-10(13)6-4-9/h1-6H,7-8H2,(H,14,15)/b2-1+. The van der Waals surface area contributed by atoms with Crippen LogP contribution in [-0.2, 0) is 0 Å². The summed E-state index contributed by atoms with van der Waals surface area (Å²) in [5, 5.41) is 3.34. The largest absolute Gasteiger partial charge is 0.349 e. The van der Waals surface area contributed by atoms with Crippen molar-refractivity contribution in [3.63, 3.8) is 0 Å². The van der Waals surface area contributed by atoms with Crippen LogP contribution in [0, 0.1) is 0 Å². The summed E-state index contributed by atoms with van der Waals surface area (Å²) in [6.45, 7) is 0.480. The second kappa shape index (κ2) is 6.49. The SMILES string of the molecule is O=C(NC/C=C/CCl)c1ccc(Cl)cc1. The Balaban J connectivity index is 2.47. The number of carbonyl (C=O) groups is 1. The van der Waals surface area contributed by atoms with E-state index in [1.165, 1.54) is 0 Å². The number of hydrogen-bond acceptors (Lipinski definition) is 1. The first kappa shape index (κ1) is 12.1. The minimum atomic E-state index is -0.120. The van der Waals surface area contributed by atoms with Gasteiger partial charge in [0.15, 0.2) is 0 Å². The van der Waals surface area contributed by atoms with Gasteiger partial charge in [-0.05, 0) is 24.3 Å². The molecule has 0 aliphatic heterocycles. The first-order valence-electron chi connectivity index (χ1n) is 4.49. The van der Waals surface area contributed by atoms with E-state index in [9.17, 15) is 4.79 Å². The van der Waals surface area contributed by atoms with E-state index in [-0.39, 0.29) is 5.91 Å². The Morgan fingerprint density at radius 3 is 2.53 bits per heavy atom. The molecule has 80 valence electrons. The molecule has 1 aromatic carbocycles. The molecule has 15 heavy (non-hydrogen) atoms. The van der Waals surface area contributed by atoms with Gasteiger partial charge in [0.2, 0.25) is 0 Å². The van der Waals surface area contributed by atoms with Crippen LogP contribution in [0.25, 0.3) is 0 Å². The Morgan fingerprint density at radius 2 is 1.93 bits per heavy atom. The number of amides is 1. The Morgan fingerprint density at radius 1 is 1.27 bits per heavy atom. The molecule has 0 heterocycles. The van der Waals surface area contributed by atoms with Crippen LogP contribution < -0.4 is 5.32 Å². The first-order valence-corrected chi connectivity index (χ1v) is 5.40. The molecule has 1 N–H and O–H groups in total. The summed E-state index contributed by atoms with van der Waals surface area (Å²) in [7, 11) is 0. The topological polar surface area (TPSA) is 29.1 Å². The van der Waals surface area contributed by atoms with E-state index >= 15 is 0 Å². The Kier molecular flexibility index (Phi) is 5.22. The number of benzene rings is 1. The fraction of sp³-hybridized carbons (Fsp3) is 0.182. The fourth-order valence-corrected chi connectivity index (χ4v) is 1.25. The summed E-state index contributed by atoms with van der Waals surface area (Å²) in [5.41, 5.74) is 0.596. The summed E-state index contributed by atoms with van der Waals surface area (Å²) < 4.78 is 0. The minimum Gasteiger partial charge on any atom is -0.349 e. The lowest BCUT2D eigenvalue weighted by molar-refractivity contribution is 0.0958. The lowest BCUT2D eigenvalue weighted by Crippen LogP contribution is -2.23. The molecule has 0 aromatic heterocycles. The molecule has 4 heteroatoms. The molecule has 0 unspecified atom stereocenters. The third-order valence-corrected chi connectivity index (χ3v) is 2.17. The highest BCUT2D eigenvalue weighted by atomic mass is 35.5. The van der Waals surface area contributed by atoms with Crippen molar-refractivity contribution in [2.45, 2.75) is 0 Å². The molecule has 0 aliphatic rings. The Labute approximate surface area is 98.9 Å². The predicted molar refractivity (Wildman–Crippen MR) is 63.6 cm³/mol. The molecular weight excluding hydrogens is 233 g/mol. The van der Waals surface area contributed by atoms with Gasteiger partial charge < -0.3 is 5.32 Å². The van der Waals surface area contributed by atoms with Crippen molar-refractivity contribution < 1.29 is 4.79 Å². The molecule has 2 nitrogen and oxygen atoms in total. The van der Waals surface area contributed by atoms with Crippen molar-refractivity contribution in [1.82, 2.24) is 5.32 Å². The average Bonchev–Trinajstić information content (AvgIpc) is 2.25. The normalized spacial score (nSPS) is 10.5. The van der Waals surface area contributed by atoms with Crippen molar-refractivity contribution in [3.05, 3.63) is 47.0 Å². The van der Waals surface area contributed by atoms with Crippen molar-refractivity contribution in [3.8, 4) is 0 Å². The molecule has 0 bridgehead atoms. The van der Waals surface area contributed by atoms with Crippen LogP contribution in [0.15, 0.2) is 36.4 Å². The number of rotatable bonds is 4. The average molecular weight is 244 g/mol. The highest BCUT2D eigenvalue weighted by molar-refractivity contribution is 6.30. The van der Waals surface area contributed by atoms with Gasteiger partial charge >= 0.3 is 0 Å². The zero-order valence-corrected chi connectivity index (χ0v) is 9.55. The van der Waals surface area contributed by atoms with Crippen LogP contribution in [0.5, 0.6) is 0 Å². The van der Waals surface area contributed by atoms with Gasteiger partial charge in [0.05, 0.1) is 0 Å². The van der Waals surface area contributed by atoms with E-state index in [2.05, 4.69) is 5.32 Å². The van der Waals surface area contributed by atoms with E-state index < -0.39 is 0 Å². The minimum absolute atomic E-state index is 0.120. The monoisotopic (exact) mass is 243 g/mol. The van der Waals surface area contributed by atoms with Crippen molar-refractivity contribution in [2.75, 3.05) is 12.4 Å². The maximum absolute atomic E-state index is 11.5. The van der Waals surface area contributed by atoms with E-state index in [1.54, 1.807) is 36.4 Å². The number of alkyl halides is 1. The van der Waals surface area contributed by atoms with Crippen LogP contribution in [0.1, 0.15) is 10.4 Å². The van der Waals surface area contributed by atoms with E-state index in [0.29, 0.717) is 23.0 Å².